The minimum Gasteiger partial charge on any atom is -0.329 e. The van der Waals surface area contributed by atoms with Crippen molar-refractivity contribution in [2.45, 2.75) is 44.2 Å². The summed E-state index contributed by atoms with van der Waals surface area (Å²) < 4.78 is 1.05. The van der Waals surface area contributed by atoms with Gasteiger partial charge in [0.05, 0.1) is 0 Å². The van der Waals surface area contributed by atoms with Crippen LogP contribution in [0.2, 0.25) is 5.02 Å². The molecule has 0 spiro atoms. The van der Waals surface area contributed by atoms with Gasteiger partial charge >= 0.3 is 0 Å². The van der Waals surface area contributed by atoms with Crippen molar-refractivity contribution in [1.82, 2.24) is 5.32 Å². The molecule has 0 heterocycles. The molecule has 1 fully saturated rings. The summed E-state index contributed by atoms with van der Waals surface area (Å²) in [7, 11) is 0. The van der Waals surface area contributed by atoms with Gasteiger partial charge in [-0.3, -0.25) is 0 Å². The maximum absolute atomic E-state index is 6.27. The van der Waals surface area contributed by atoms with E-state index in [4.69, 9.17) is 17.3 Å². The zero-order valence-electron chi connectivity index (χ0n) is 10.5. The smallest absolute Gasteiger partial charge is 0.0461 e. The Morgan fingerprint density at radius 2 is 2.06 bits per heavy atom. The van der Waals surface area contributed by atoms with E-state index in [0.29, 0.717) is 12.6 Å². The Labute approximate surface area is 122 Å². The molecule has 1 saturated carbocycles. The van der Waals surface area contributed by atoms with Gasteiger partial charge in [0.2, 0.25) is 0 Å². The monoisotopic (exact) mass is 330 g/mol. The Morgan fingerprint density at radius 3 is 2.72 bits per heavy atom. The summed E-state index contributed by atoms with van der Waals surface area (Å²) in [5.41, 5.74) is 7.00. The number of halogens is 2. The number of benzene rings is 1. The highest BCUT2D eigenvalue weighted by molar-refractivity contribution is 9.10. The fourth-order valence-corrected chi connectivity index (χ4v) is 3.25. The van der Waals surface area contributed by atoms with Crippen molar-refractivity contribution in [2.24, 2.45) is 5.73 Å². The molecule has 2 nitrogen and oxygen atoms in total. The lowest BCUT2D eigenvalue weighted by Crippen LogP contribution is -2.38. The van der Waals surface area contributed by atoms with Gasteiger partial charge in [0.1, 0.15) is 0 Å². The number of hydrogen-bond donors (Lipinski definition) is 2. The molecule has 1 aromatic rings. The average Bonchev–Trinajstić information content (AvgIpc) is 2.40. The summed E-state index contributed by atoms with van der Waals surface area (Å²) in [5, 5.41) is 4.45. The number of rotatable bonds is 4. The lowest BCUT2D eigenvalue weighted by atomic mass is 9.94. The Balaban J connectivity index is 2.09. The van der Waals surface area contributed by atoms with Gasteiger partial charge in [0, 0.05) is 28.1 Å². The van der Waals surface area contributed by atoms with Crippen LogP contribution in [0.3, 0.4) is 0 Å². The zero-order chi connectivity index (χ0) is 13.0. The van der Waals surface area contributed by atoms with Gasteiger partial charge in [-0.2, -0.15) is 0 Å². The van der Waals surface area contributed by atoms with Crippen LogP contribution >= 0.6 is 27.5 Å². The second-order valence-electron chi connectivity index (χ2n) is 4.96. The van der Waals surface area contributed by atoms with Crippen LogP contribution in [0.1, 0.15) is 43.7 Å². The third-order valence-electron chi connectivity index (χ3n) is 3.61. The van der Waals surface area contributed by atoms with Gasteiger partial charge in [0.25, 0.3) is 0 Å². The van der Waals surface area contributed by atoms with Crippen molar-refractivity contribution in [3.8, 4) is 0 Å². The maximum Gasteiger partial charge on any atom is 0.0461 e. The molecule has 0 radical (unpaired) electrons. The molecule has 18 heavy (non-hydrogen) atoms. The van der Waals surface area contributed by atoms with Gasteiger partial charge in [-0.05, 0) is 36.6 Å². The first-order chi connectivity index (χ1) is 8.70. The summed E-state index contributed by atoms with van der Waals surface area (Å²) in [6.45, 7) is 0.576. The average molecular weight is 332 g/mol. The first-order valence-electron chi connectivity index (χ1n) is 6.62. The van der Waals surface area contributed by atoms with E-state index >= 15 is 0 Å². The number of hydrogen-bond acceptors (Lipinski definition) is 2. The first kappa shape index (κ1) is 14.3. The Morgan fingerprint density at radius 1 is 1.33 bits per heavy atom. The molecule has 0 amide bonds. The molecule has 100 valence electrons. The highest BCUT2D eigenvalue weighted by Gasteiger charge is 2.19. The highest BCUT2D eigenvalue weighted by atomic mass is 79.9. The molecule has 0 saturated heterocycles. The summed E-state index contributed by atoms with van der Waals surface area (Å²) in [6.07, 6.45) is 6.51. The molecular formula is C14H20BrClN2. The lowest BCUT2D eigenvalue weighted by molar-refractivity contribution is 0.340. The molecule has 1 aromatic carbocycles. The van der Waals surface area contributed by atoms with Crippen LogP contribution in [0.25, 0.3) is 0 Å². The molecule has 0 aromatic heterocycles. The van der Waals surface area contributed by atoms with E-state index in [0.717, 1.165) is 15.1 Å². The molecule has 0 bridgehead atoms. The van der Waals surface area contributed by atoms with E-state index in [1.165, 1.54) is 32.1 Å². The molecule has 1 aliphatic rings. The fourth-order valence-electron chi connectivity index (χ4n) is 2.62. The van der Waals surface area contributed by atoms with E-state index in [9.17, 15) is 0 Å². The number of nitrogens with one attached hydrogen (secondary N) is 1. The SMILES string of the molecule is NCC(NC1CCCCC1)c1cc(Br)ccc1Cl. The van der Waals surface area contributed by atoms with Gasteiger partial charge < -0.3 is 11.1 Å². The third-order valence-corrected chi connectivity index (χ3v) is 4.45. The van der Waals surface area contributed by atoms with Gasteiger partial charge in [0.15, 0.2) is 0 Å². The Kier molecular flexibility index (Phi) is 5.49. The van der Waals surface area contributed by atoms with Gasteiger partial charge in [-0.1, -0.05) is 46.8 Å². The number of nitrogens with two attached hydrogens (primary N) is 1. The van der Waals surface area contributed by atoms with Crippen molar-refractivity contribution in [2.75, 3.05) is 6.54 Å². The lowest BCUT2D eigenvalue weighted by Gasteiger charge is -2.28. The predicted molar refractivity (Wildman–Crippen MR) is 81.0 cm³/mol. The second kappa shape index (κ2) is 6.90. The standard InChI is InChI=1S/C14H20BrClN2/c15-10-6-7-13(16)12(8-10)14(9-17)18-11-4-2-1-3-5-11/h6-8,11,14,18H,1-5,9,17H2. The summed E-state index contributed by atoms with van der Waals surface area (Å²) in [4.78, 5) is 0. The maximum atomic E-state index is 6.27. The molecule has 0 aliphatic heterocycles. The molecule has 1 atom stereocenters. The molecule has 3 N–H and O–H groups in total. The third kappa shape index (κ3) is 3.70. The summed E-state index contributed by atoms with van der Waals surface area (Å²) in [5.74, 6) is 0. The Hall–Kier alpha value is -0.0900. The van der Waals surface area contributed by atoms with Crippen molar-refractivity contribution in [1.29, 1.82) is 0 Å². The van der Waals surface area contributed by atoms with Crippen molar-refractivity contribution in [3.63, 3.8) is 0 Å². The van der Waals surface area contributed by atoms with E-state index in [2.05, 4.69) is 27.3 Å². The van der Waals surface area contributed by atoms with E-state index in [1.54, 1.807) is 0 Å². The topological polar surface area (TPSA) is 38.0 Å². The van der Waals surface area contributed by atoms with Crippen LogP contribution in [0.15, 0.2) is 22.7 Å². The molecule has 2 rings (SSSR count). The van der Waals surface area contributed by atoms with Crippen molar-refractivity contribution in [3.05, 3.63) is 33.3 Å². The molecule has 4 heteroatoms. The summed E-state index contributed by atoms with van der Waals surface area (Å²) in [6, 6.07) is 6.68. The quantitative estimate of drug-likeness (QED) is 0.874. The highest BCUT2D eigenvalue weighted by Crippen LogP contribution is 2.28. The van der Waals surface area contributed by atoms with Gasteiger partial charge in [-0.15, -0.1) is 0 Å². The first-order valence-corrected chi connectivity index (χ1v) is 7.79. The van der Waals surface area contributed by atoms with E-state index < -0.39 is 0 Å². The largest absolute Gasteiger partial charge is 0.329 e. The van der Waals surface area contributed by atoms with Crippen LogP contribution in [0.5, 0.6) is 0 Å². The second-order valence-corrected chi connectivity index (χ2v) is 6.28. The normalized spacial score (nSPS) is 18.8. The minimum absolute atomic E-state index is 0.151. The minimum atomic E-state index is 0.151. The zero-order valence-corrected chi connectivity index (χ0v) is 12.8. The van der Waals surface area contributed by atoms with Crippen LogP contribution in [0.4, 0.5) is 0 Å². The van der Waals surface area contributed by atoms with Crippen LogP contribution in [-0.4, -0.2) is 12.6 Å². The van der Waals surface area contributed by atoms with Crippen LogP contribution in [-0.2, 0) is 0 Å². The molecular weight excluding hydrogens is 312 g/mol. The Bertz CT molecular complexity index is 391. The fraction of sp³-hybridized carbons (Fsp3) is 0.571. The van der Waals surface area contributed by atoms with Gasteiger partial charge in [-0.25, -0.2) is 0 Å². The van der Waals surface area contributed by atoms with E-state index in [1.807, 2.05) is 12.1 Å². The van der Waals surface area contributed by atoms with E-state index in [-0.39, 0.29) is 6.04 Å². The molecule has 1 aliphatic carbocycles. The van der Waals surface area contributed by atoms with Crippen molar-refractivity contribution < 1.29 is 0 Å². The van der Waals surface area contributed by atoms with Crippen LogP contribution in [0, 0.1) is 0 Å². The predicted octanol–water partition coefficient (Wildman–Crippen LogP) is 4.02. The van der Waals surface area contributed by atoms with Crippen LogP contribution < -0.4 is 11.1 Å². The van der Waals surface area contributed by atoms with Crippen molar-refractivity contribution >= 4 is 27.5 Å². The summed E-state index contributed by atoms with van der Waals surface area (Å²) >= 11 is 9.76. The molecule has 1 unspecified atom stereocenters.